The highest BCUT2D eigenvalue weighted by molar-refractivity contribution is 6.18. The van der Waals surface area contributed by atoms with E-state index in [1.165, 1.54) is 0 Å². The third-order valence-electron chi connectivity index (χ3n) is 5.16. The molecule has 2 heterocycles. The second-order valence-electron chi connectivity index (χ2n) is 6.83. The third kappa shape index (κ3) is 2.58. The zero-order valence-corrected chi connectivity index (χ0v) is 15.1. The summed E-state index contributed by atoms with van der Waals surface area (Å²) in [6, 6.07) is 26.1. The Balaban J connectivity index is 1.84. The predicted molar refractivity (Wildman–Crippen MR) is 111 cm³/mol. The number of hydrogen-bond acceptors (Lipinski definition) is 2. The van der Waals surface area contributed by atoms with Crippen LogP contribution in [0.1, 0.15) is 16.1 Å². The second-order valence-corrected chi connectivity index (χ2v) is 6.83. The normalized spacial score (nSPS) is 11.3. The maximum atomic E-state index is 12.1. The van der Waals surface area contributed by atoms with Crippen molar-refractivity contribution in [3.05, 3.63) is 96.4 Å². The van der Waals surface area contributed by atoms with Crippen LogP contribution < -0.4 is 5.73 Å². The van der Waals surface area contributed by atoms with Crippen LogP contribution in [0.4, 0.5) is 0 Å². The van der Waals surface area contributed by atoms with E-state index in [2.05, 4.69) is 34.9 Å². The predicted octanol–water partition coefficient (Wildman–Crippen LogP) is 5.20. The number of benzene rings is 3. The fraction of sp³-hybridized carbons (Fsp3) is 0.0417. The van der Waals surface area contributed by atoms with E-state index in [0.29, 0.717) is 12.1 Å². The number of furan rings is 1. The Morgan fingerprint density at radius 2 is 1.71 bits per heavy atom. The number of carbonyl (C=O) groups excluding carboxylic acids is 1. The van der Waals surface area contributed by atoms with Crippen molar-refractivity contribution in [3.63, 3.8) is 0 Å². The topological polar surface area (TPSA) is 61.2 Å². The number of hydrogen-bond donors (Lipinski definition) is 1. The molecule has 2 aromatic heterocycles. The molecule has 4 nitrogen and oxygen atoms in total. The maximum Gasteiger partial charge on any atom is 0.249 e. The van der Waals surface area contributed by atoms with Gasteiger partial charge in [-0.15, -0.1) is 0 Å². The molecule has 0 aliphatic heterocycles. The zero-order valence-electron chi connectivity index (χ0n) is 15.1. The molecule has 0 saturated carbocycles. The molecule has 4 heteroatoms. The van der Waals surface area contributed by atoms with Crippen molar-refractivity contribution in [1.82, 2.24) is 4.57 Å². The fourth-order valence-electron chi connectivity index (χ4n) is 3.89. The van der Waals surface area contributed by atoms with E-state index in [9.17, 15) is 4.79 Å². The molecule has 0 saturated heterocycles. The van der Waals surface area contributed by atoms with Crippen LogP contribution in [0.3, 0.4) is 0 Å². The molecule has 136 valence electrons. The summed E-state index contributed by atoms with van der Waals surface area (Å²) >= 11 is 0. The monoisotopic (exact) mass is 366 g/mol. The first-order chi connectivity index (χ1) is 13.7. The average molecular weight is 366 g/mol. The summed E-state index contributed by atoms with van der Waals surface area (Å²) in [5, 5.41) is 1.90. The van der Waals surface area contributed by atoms with Gasteiger partial charge in [0.15, 0.2) is 0 Å². The lowest BCUT2D eigenvalue weighted by molar-refractivity contribution is 0.100. The fourth-order valence-corrected chi connectivity index (χ4v) is 3.89. The minimum Gasteiger partial charge on any atom is -0.467 e. The Morgan fingerprint density at radius 3 is 2.46 bits per heavy atom. The smallest absolute Gasteiger partial charge is 0.249 e. The highest BCUT2D eigenvalue weighted by atomic mass is 16.3. The Kier molecular flexibility index (Phi) is 3.76. The maximum absolute atomic E-state index is 12.1. The molecule has 0 fully saturated rings. The molecule has 28 heavy (non-hydrogen) atoms. The van der Waals surface area contributed by atoms with Crippen molar-refractivity contribution in [1.29, 1.82) is 0 Å². The van der Waals surface area contributed by atoms with Crippen LogP contribution >= 0.6 is 0 Å². The Bertz CT molecular complexity index is 1300. The van der Waals surface area contributed by atoms with Gasteiger partial charge in [0.05, 0.1) is 23.8 Å². The lowest BCUT2D eigenvalue weighted by atomic mass is 10.0. The Morgan fingerprint density at radius 1 is 0.857 bits per heavy atom. The van der Waals surface area contributed by atoms with Gasteiger partial charge in [-0.05, 0) is 41.5 Å². The van der Waals surface area contributed by atoms with Gasteiger partial charge in [-0.3, -0.25) is 4.79 Å². The van der Waals surface area contributed by atoms with Crippen molar-refractivity contribution in [3.8, 4) is 11.1 Å². The summed E-state index contributed by atoms with van der Waals surface area (Å²) in [6.07, 6.45) is 1.67. The largest absolute Gasteiger partial charge is 0.467 e. The van der Waals surface area contributed by atoms with Gasteiger partial charge in [-0.1, -0.05) is 48.5 Å². The molecular formula is C24H18N2O2. The molecule has 5 rings (SSSR count). The minimum absolute atomic E-state index is 0.421. The molecule has 0 aliphatic rings. The van der Waals surface area contributed by atoms with Gasteiger partial charge < -0.3 is 14.7 Å². The molecule has 0 aliphatic carbocycles. The SMILES string of the molecule is NC(=O)c1cccc2c1c1ccc(-c3ccccc3)cc1n2Cc1ccco1. The van der Waals surface area contributed by atoms with E-state index in [1.807, 2.05) is 42.5 Å². The van der Waals surface area contributed by atoms with Gasteiger partial charge in [0.1, 0.15) is 5.76 Å². The molecule has 0 unspecified atom stereocenters. The first kappa shape index (κ1) is 16.4. The summed E-state index contributed by atoms with van der Waals surface area (Å²) in [5.41, 5.74) is 10.5. The van der Waals surface area contributed by atoms with Gasteiger partial charge in [-0.25, -0.2) is 0 Å². The molecule has 0 radical (unpaired) electrons. The quantitative estimate of drug-likeness (QED) is 0.475. The second kappa shape index (κ2) is 6.43. The summed E-state index contributed by atoms with van der Waals surface area (Å²) in [5.74, 6) is 0.433. The molecule has 5 aromatic rings. The third-order valence-corrected chi connectivity index (χ3v) is 5.16. The lowest BCUT2D eigenvalue weighted by Gasteiger charge is -2.07. The molecular weight excluding hydrogens is 348 g/mol. The number of carbonyl (C=O) groups is 1. The van der Waals surface area contributed by atoms with Crippen molar-refractivity contribution < 1.29 is 9.21 Å². The minimum atomic E-state index is -0.421. The molecule has 0 bridgehead atoms. The number of nitrogens with zero attached hydrogens (tertiary/aromatic N) is 1. The number of aromatic nitrogens is 1. The van der Waals surface area contributed by atoms with Crippen LogP contribution in [0.25, 0.3) is 32.9 Å². The number of amides is 1. The van der Waals surface area contributed by atoms with E-state index < -0.39 is 5.91 Å². The summed E-state index contributed by atoms with van der Waals surface area (Å²) < 4.78 is 7.77. The van der Waals surface area contributed by atoms with Crippen molar-refractivity contribution in [2.75, 3.05) is 0 Å². The summed E-state index contributed by atoms with van der Waals surface area (Å²) in [6.45, 7) is 0.577. The number of rotatable bonds is 4. The van der Waals surface area contributed by atoms with Crippen molar-refractivity contribution >= 4 is 27.7 Å². The first-order valence-electron chi connectivity index (χ1n) is 9.15. The molecule has 2 N–H and O–H groups in total. The van der Waals surface area contributed by atoms with Crippen LogP contribution in [0.2, 0.25) is 0 Å². The standard InChI is InChI=1S/C24H18N2O2/c25-24(27)20-9-4-10-21-23(20)19-12-11-17(16-6-2-1-3-7-16)14-22(19)26(21)15-18-8-5-13-28-18/h1-14H,15H2,(H2,25,27). The zero-order chi connectivity index (χ0) is 19.1. The highest BCUT2D eigenvalue weighted by Crippen LogP contribution is 2.35. The van der Waals surface area contributed by atoms with Crippen LogP contribution in [0.5, 0.6) is 0 Å². The number of fused-ring (bicyclic) bond motifs is 3. The van der Waals surface area contributed by atoms with Crippen molar-refractivity contribution in [2.24, 2.45) is 5.73 Å². The van der Waals surface area contributed by atoms with Gasteiger partial charge in [-0.2, -0.15) is 0 Å². The van der Waals surface area contributed by atoms with E-state index in [4.69, 9.17) is 10.2 Å². The van der Waals surface area contributed by atoms with Gasteiger partial charge >= 0.3 is 0 Å². The van der Waals surface area contributed by atoms with Crippen LogP contribution in [-0.4, -0.2) is 10.5 Å². The highest BCUT2D eigenvalue weighted by Gasteiger charge is 2.17. The van der Waals surface area contributed by atoms with Gasteiger partial charge in [0, 0.05) is 16.3 Å². The first-order valence-corrected chi connectivity index (χ1v) is 9.15. The molecule has 1 amide bonds. The molecule has 3 aromatic carbocycles. The van der Waals surface area contributed by atoms with Crippen molar-refractivity contribution in [2.45, 2.75) is 6.54 Å². The summed E-state index contributed by atoms with van der Waals surface area (Å²) in [7, 11) is 0. The van der Waals surface area contributed by atoms with E-state index in [1.54, 1.807) is 12.3 Å². The van der Waals surface area contributed by atoms with Gasteiger partial charge in [0.2, 0.25) is 5.91 Å². The summed E-state index contributed by atoms with van der Waals surface area (Å²) in [4.78, 5) is 12.1. The van der Waals surface area contributed by atoms with Crippen LogP contribution in [0, 0.1) is 0 Å². The van der Waals surface area contributed by atoms with E-state index in [0.717, 1.165) is 38.7 Å². The Labute approximate surface area is 161 Å². The average Bonchev–Trinajstić information content (AvgIpc) is 3.35. The molecule has 0 spiro atoms. The van der Waals surface area contributed by atoms with E-state index in [-0.39, 0.29) is 0 Å². The lowest BCUT2D eigenvalue weighted by Crippen LogP contribution is -2.11. The van der Waals surface area contributed by atoms with E-state index >= 15 is 0 Å². The number of primary amides is 1. The molecule has 0 atom stereocenters. The number of nitrogens with two attached hydrogens (primary N) is 1. The van der Waals surface area contributed by atoms with Crippen LogP contribution in [0.15, 0.2) is 89.5 Å². The Hall–Kier alpha value is -3.79. The van der Waals surface area contributed by atoms with Gasteiger partial charge in [0.25, 0.3) is 0 Å². The van der Waals surface area contributed by atoms with Crippen LogP contribution in [-0.2, 0) is 6.54 Å².